The molecule has 0 aliphatic rings. The lowest BCUT2D eigenvalue weighted by atomic mass is 10.1. The van der Waals surface area contributed by atoms with Crippen LogP contribution in [0.4, 0.5) is 4.79 Å². The highest BCUT2D eigenvalue weighted by Gasteiger charge is 2.23. The van der Waals surface area contributed by atoms with E-state index >= 15 is 0 Å². The van der Waals surface area contributed by atoms with E-state index in [1.165, 1.54) is 0 Å². The van der Waals surface area contributed by atoms with Gasteiger partial charge in [-0.1, -0.05) is 12.1 Å². The minimum atomic E-state index is -1.08. The molecule has 0 saturated carbocycles. The van der Waals surface area contributed by atoms with Gasteiger partial charge in [-0.2, -0.15) is 0 Å². The molecular formula is C17H25NO5. The Morgan fingerprint density at radius 2 is 1.83 bits per heavy atom. The van der Waals surface area contributed by atoms with Crippen LogP contribution in [0.15, 0.2) is 24.3 Å². The van der Waals surface area contributed by atoms with Gasteiger partial charge in [0.1, 0.15) is 17.4 Å². The fraction of sp³-hybridized carbons (Fsp3) is 0.529. The van der Waals surface area contributed by atoms with Crippen LogP contribution in [0.1, 0.15) is 39.7 Å². The van der Waals surface area contributed by atoms with Gasteiger partial charge in [0.2, 0.25) is 0 Å². The van der Waals surface area contributed by atoms with E-state index in [9.17, 15) is 14.7 Å². The van der Waals surface area contributed by atoms with E-state index in [0.717, 1.165) is 11.3 Å². The van der Waals surface area contributed by atoms with Crippen molar-refractivity contribution in [1.29, 1.82) is 0 Å². The van der Waals surface area contributed by atoms with Crippen molar-refractivity contribution in [3.8, 4) is 5.75 Å². The SMILES string of the molecule is CCOc1ccc(CC[C@H](NC(=O)OC(C)(C)C)C(=O)O)cc1. The van der Waals surface area contributed by atoms with Crippen molar-refractivity contribution < 1.29 is 24.2 Å². The van der Waals surface area contributed by atoms with E-state index in [4.69, 9.17) is 9.47 Å². The molecule has 6 nitrogen and oxygen atoms in total. The molecule has 0 unspecified atom stereocenters. The first kappa shape index (κ1) is 18.8. The van der Waals surface area contributed by atoms with E-state index in [-0.39, 0.29) is 6.42 Å². The first-order valence-electron chi connectivity index (χ1n) is 7.65. The maximum Gasteiger partial charge on any atom is 0.408 e. The molecule has 2 N–H and O–H groups in total. The Hall–Kier alpha value is -2.24. The Morgan fingerprint density at radius 3 is 2.30 bits per heavy atom. The van der Waals surface area contributed by atoms with Gasteiger partial charge in [-0.25, -0.2) is 9.59 Å². The van der Waals surface area contributed by atoms with Crippen LogP contribution < -0.4 is 10.1 Å². The van der Waals surface area contributed by atoms with Crippen molar-refractivity contribution in [1.82, 2.24) is 5.32 Å². The highest BCUT2D eigenvalue weighted by molar-refractivity contribution is 5.80. The van der Waals surface area contributed by atoms with Crippen LogP contribution in [0.25, 0.3) is 0 Å². The number of nitrogens with one attached hydrogen (secondary N) is 1. The molecule has 6 heteroatoms. The van der Waals surface area contributed by atoms with Gasteiger partial charge >= 0.3 is 12.1 Å². The topological polar surface area (TPSA) is 84.9 Å². The molecule has 0 heterocycles. The summed E-state index contributed by atoms with van der Waals surface area (Å²) in [5, 5.41) is 11.6. The molecule has 0 aromatic heterocycles. The smallest absolute Gasteiger partial charge is 0.408 e. The Labute approximate surface area is 136 Å². The molecule has 0 aliphatic heterocycles. The van der Waals surface area contributed by atoms with Crippen LogP contribution in [0, 0.1) is 0 Å². The molecular weight excluding hydrogens is 298 g/mol. The molecule has 128 valence electrons. The van der Waals surface area contributed by atoms with Gasteiger partial charge in [-0.15, -0.1) is 0 Å². The van der Waals surface area contributed by atoms with Gasteiger partial charge < -0.3 is 19.9 Å². The molecule has 23 heavy (non-hydrogen) atoms. The highest BCUT2D eigenvalue weighted by atomic mass is 16.6. The Balaban J connectivity index is 2.56. The number of carboxylic acid groups (broad SMARTS) is 1. The zero-order valence-corrected chi connectivity index (χ0v) is 14.1. The summed E-state index contributed by atoms with van der Waals surface area (Å²) in [7, 11) is 0. The van der Waals surface area contributed by atoms with Crippen LogP contribution in [0.5, 0.6) is 5.75 Å². The Morgan fingerprint density at radius 1 is 1.22 bits per heavy atom. The minimum Gasteiger partial charge on any atom is -0.494 e. The van der Waals surface area contributed by atoms with Crippen molar-refractivity contribution in [3.05, 3.63) is 29.8 Å². The second-order valence-electron chi connectivity index (χ2n) is 6.15. The molecule has 0 bridgehead atoms. The number of rotatable bonds is 7. The number of alkyl carbamates (subject to hydrolysis) is 1. The lowest BCUT2D eigenvalue weighted by Crippen LogP contribution is -2.43. The van der Waals surface area contributed by atoms with E-state index < -0.39 is 23.7 Å². The zero-order valence-electron chi connectivity index (χ0n) is 14.1. The number of amides is 1. The van der Waals surface area contributed by atoms with Crippen molar-refractivity contribution in [3.63, 3.8) is 0 Å². The van der Waals surface area contributed by atoms with E-state index in [1.54, 1.807) is 20.8 Å². The summed E-state index contributed by atoms with van der Waals surface area (Å²) in [6.07, 6.45) is 0.0819. The summed E-state index contributed by atoms with van der Waals surface area (Å²) in [4.78, 5) is 23.0. The molecule has 0 spiro atoms. The number of hydrogen-bond acceptors (Lipinski definition) is 4. The highest BCUT2D eigenvalue weighted by Crippen LogP contribution is 2.14. The van der Waals surface area contributed by atoms with Crippen molar-refractivity contribution in [2.45, 2.75) is 52.2 Å². The first-order chi connectivity index (χ1) is 10.7. The predicted octanol–water partition coefficient (Wildman–Crippen LogP) is 3.00. The second-order valence-corrected chi connectivity index (χ2v) is 6.15. The third-order valence-corrected chi connectivity index (χ3v) is 2.95. The first-order valence-corrected chi connectivity index (χ1v) is 7.65. The fourth-order valence-electron chi connectivity index (χ4n) is 1.94. The van der Waals surface area contributed by atoms with Crippen molar-refractivity contribution >= 4 is 12.1 Å². The van der Waals surface area contributed by atoms with Crippen LogP contribution in [0.3, 0.4) is 0 Å². The van der Waals surface area contributed by atoms with Gasteiger partial charge in [0.25, 0.3) is 0 Å². The van der Waals surface area contributed by atoms with Gasteiger partial charge in [0.05, 0.1) is 6.61 Å². The summed E-state index contributed by atoms with van der Waals surface area (Å²) >= 11 is 0. The summed E-state index contributed by atoms with van der Waals surface area (Å²) in [5.74, 6) is -0.306. The lowest BCUT2D eigenvalue weighted by Gasteiger charge is -2.22. The van der Waals surface area contributed by atoms with Crippen molar-refractivity contribution in [2.24, 2.45) is 0 Å². The number of aryl methyl sites for hydroxylation is 1. The summed E-state index contributed by atoms with van der Waals surface area (Å²) in [6, 6.07) is 6.47. The molecule has 0 saturated heterocycles. The summed E-state index contributed by atoms with van der Waals surface area (Å²) < 4.78 is 10.4. The van der Waals surface area contributed by atoms with Crippen LogP contribution >= 0.6 is 0 Å². The second kappa shape index (κ2) is 8.41. The average molecular weight is 323 g/mol. The van der Waals surface area contributed by atoms with Crippen LogP contribution in [-0.4, -0.2) is 35.4 Å². The molecule has 1 amide bonds. The molecule has 0 radical (unpaired) electrons. The number of carbonyl (C=O) groups is 2. The van der Waals surface area contributed by atoms with Gasteiger partial charge in [0, 0.05) is 0 Å². The summed E-state index contributed by atoms with van der Waals surface area (Å²) in [6.45, 7) is 7.68. The zero-order chi connectivity index (χ0) is 17.5. The molecule has 1 aromatic rings. The van der Waals surface area contributed by atoms with Gasteiger partial charge in [-0.05, 0) is 58.2 Å². The fourth-order valence-corrected chi connectivity index (χ4v) is 1.94. The van der Waals surface area contributed by atoms with Crippen LogP contribution in [0.2, 0.25) is 0 Å². The Bertz CT molecular complexity index is 519. The number of hydrogen-bond donors (Lipinski definition) is 2. The molecule has 0 aliphatic carbocycles. The maximum absolute atomic E-state index is 11.7. The maximum atomic E-state index is 11.7. The number of ether oxygens (including phenoxy) is 2. The third-order valence-electron chi connectivity index (χ3n) is 2.95. The lowest BCUT2D eigenvalue weighted by molar-refractivity contribution is -0.139. The average Bonchev–Trinajstić information content (AvgIpc) is 2.43. The molecule has 1 aromatic carbocycles. The number of carboxylic acids is 1. The standard InChI is InChI=1S/C17H25NO5/c1-5-22-13-9-6-12(7-10-13)8-11-14(15(19)20)18-16(21)23-17(2,3)4/h6-7,9-10,14H,5,8,11H2,1-4H3,(H,18,21)(H,19,20)/t14-/m0/s1. The number of benzene rings is 1. The largest absolute Gasteiger partial charge is 0.494 e. The molecule has 0 fully saturated rings. The number of carbonyl (C=O) groups excluding carboxylic acids is 1. The predicted molar refractivity (Wildman–Crippen MR) is 86.7 cm³/mol. The van der Waals surface area contributed by atoms with E-state index in [2.05, 4.69) is 5.32 Å². The van der Waals surface area contributed by atoms with Crippen LogP contribution in [-0.2, 0) is 16.0 Å². The van der Waals surface area contributed by atoms with Gasteiger partial charge in [0.15, 0.2) is 0 Å². The van der Waals surface area contributed by atoms with Crippen molar-refractivity contribution in [2.75, 3.05) is 6.61 Å². The third kappa shape index (κ3) is 7.54. The minimum absolute atomic E-state index is 0.280. The quantitative estimate of drug-likeness (QED) is 0.806. The summed E-state index contributed by atoms with van der Waals surface area (Å²) in [5.41, 5.74) is 0.313. The molecule has 1 atom stereocenters. The molecule has 1 rings (SSSR count). The van der Waals surface area contributed by atoms with E-state index in [1.807, 2.05) is 31.2 Å². The van der Waals surface area contributed by atoms with E-state index in [0.29, 0.717) is 13.0 Å². The van der Waals surface area contributed by atoms with Gasteiger partial charge in [-0.3, -0.25) is 0 Å². The normalized spacial score (nSPS) is 12.3. The Kier molecular flexibility index (Phi) is 6.88. The number of aliphatic carboxylic acids is 1. The monoisotopic (exact) mass is 323 g/mol.